The van der Waals surface area contributed by atoms with Gasteiger partial charge in [-0.3, -0.25) is 9.59 Å². The number of fused-ring (bicyclic) bond motifs is 1. The van der Waals surface area contributed by atoms with Crippen LogP contribution in [0.4, 0.5) is 0 Å². The first-order valence-electron chi connectivity index (χ1n) is 12.1. The molecule has 0 saturated heterocycles. The van der Waals surface area contributed by atoms with Gasteiger partial charge < -0.3 is 25.5 Å². The van der Waals surface area contributed by atoms with Crippen LogP contribution in [-0.4, -0.2) is 48.1 Å². The van der Waals surface area contributed by atoms with Gasteiger partial charge in [0.05, 0.1) is 13.2 Å². The molecule has 2 aromatic rings. The minimum Gasteiger partial charge on any atom is -0.465 e. The standard InChI is InChI=1S/C26H39N3O5/c1-17(2)11-13-33-25(31)21(27)9-10-24(30)29-23(26(32)34-14-12-18(3)4)15-19-16-28-22-8-6-5-7-20(19)22/h5-8,16-18,21,23,28H,9-15,27H2,1-4H3,(H,29,30)/t21-,23-/m1/s1. The van der Waals surface area contributed by atoms with Crippen LogP contribution in [-0.2, 0) is 30.3 Å². The fraction of sp³-hybridized carbons (Fsp3) is 0.577. The number of nitrogens with one attached hydrogen (secondary N) is 2. The van der Waals surface area contributed by atoms with E-state index in [0.717, 1.165) is 29.3 Å². The van der Waals surface area contributed by atoms with E-state index in [1.807, 2.05) is 44.3 Å². The maximum atomic E-state index is 12.8. The van der Waals surface area contributed by atoms with Crippen molar-refractivity contribution in [2.24, 2.45) is 17.6 Å². The Morgan fingerprint density at radius 3 is 2.21 bits per heavy atom. The molecule has 0 bridgehead atoms. The van der Waals surface area contributed by atoms with Crippen LogP contribution in [0.15, 0.2) is 30.5 Å². The topological polar surface area (TPSA) is 124 Å². The number of aromatic nitrogens is 1. The third kappa shape index (κ3) is 9.17. The second kappa shape index (κ2) is 13.7. The molecule has 0 radical (unpaired) electrons. The first kappa shape index (κ1) is 27.4. The molecule has 0 fully saturated rings. The summed E-state index contributed by atoms with van der Waals surface area (Å²) in [6.45, 7) is 8.79. The minimum atomic E-state index is -0.886. The number of aromatic amines is 1. The third-order valence-electron chi connectivity index (χ3n) is 5.58. The van der Waals surface area contributed by atoms with Crippen LogP contribution in [0.3, 0.4) is 0 Å². The summed E-state index contributed by atoms with van der Waals surface area (Å²) in [6, 6.07) is 6.05. The van der Waals surface area contributed by atoms with Gasteiger partial charge in [-0.05, 0) is 42.7 Å². The summed E-state index contributed by atoms with van der Waals surface area (Å²) in [5.41, 5.74) is 7.75. The largest absolute Gasteiger partial charge is 0.465 e. The van der Waals surface area contributed by atoms with Crippen molar-refractivity contribution < 1.29 is 23.9 Å². The summed E-state index contributed by atoms with van der Waals surface area (Å²) in [7, 11) is 0. The van der Waals surface area contributed by atoms with Crippen molar-refractivity contribution in [3.05, 3.63) is 36.0 Å². The molecule has 0 unspecified atom stereocenters. The number of para-hydroxylation sites is 1. The number of hydrogen-bond donors (Lipinski definition) is 3. The molecule has 0 saturated carbocycles. The number of rotatable bonds is 14. The molecule has 8 heteroatoms. The quantitative estimate of drug-likeness (QED) is 0.361. The van der Waals surface area contributed by atoms with Crippen LogP contribution < -0.4 is 11.1 Å². The fourth-order valence-corrected chi connectivity index (χ4v) is 3.38. The zero-order valence-corrected chi connectivity index (χ0v) is 20.8. The van der Waals surface area contributed by atoms with Crippen LogP contribution in [0.1, 0.15) is 58.9 Å². The van der Waals surface area contributed by atoms with Crippen LogP contribution in [0, 0.1) is 11.8 Å². The summed E-state index contributed by atoms with van der Waals surface area (Å²) in [6.07, 6.45) is 3.77. The van der Waals surface area contributed by atoms with E-state index in [4.69, 9.17) is 15.2 Å². The van der Waals surface area contributed by atoms with Crippen LogP contribution >= 0.6 is 0 Å². The highest BCUT2D eigenvalue weighted by Crippen LogP contribution is 2.19. The van der Waals surface area contributed by atoms with Crippen molar-refractivity contribution in [3.8, 4) is 0 Å². The number of hydrogen-bond acceptors (Lipinski definition) is 6. The second-order valence-corrected chi connectivity index (χ2v) is 9.53. The lowest BCUT2D eigenvalue weighted by Gasteiger charge is -2.19. The molecule has 188 valence electrons. The average Bonchev–Trinajstić information content (AvgIpc) is 3.19. The minimum absolute atomic E-state index is 0.00407. The number of nitrogens with two attached hydrogens (primary N) is 1. The third-order valence-corrected chi connectivity index (χ3v) is 5.58. The summed E-state index contributed by atoms with van der Waals surface area (Å²) in [5, 5.41) is 3.76. The summed E-state index contributed by atoms with van der Waals surface area (Å²) < 4.78 is 10.6. The van der Waals surface area contributed by atoms with E-state index in [0.29, 0.717) is 31.5 Å². The van der Waals surface area contributed by atoms with Crippen molar-refractivity contribution in [2.45, 2.75) is 71.9 Å². The number of benzene rings is 1. The molecule has 0 spiro atoms. The zero-order chi connectivity index (χ0) is 25.1. The van der Waals surface area contributed by atoms with Gasteiger partial charge in [-0.1, -0.05) is 45.9 Å². The van der Waals surface area contributed by atoms with Crippen molar-refractivity contribution in [3.63, 3.8) is 0 Å². The maximum Gasteiger partial charge on any atom is 0.328 e. The Bertz CT molecular complexity index is 937. The van der Waals surface area contributed by atoms with Gasteiger partial charge in [-0.15, -0.1) is 0 Å². The highest BCUT2D eigenvalue weighted by molar-refractivity contribution is 5.87. The van der Waals surface area contributed by atoms with Gasteiger partial charge in [-0.25, -0.2) is 4.79 Å². The lowest BCUT2D eigenvalue weighted by molar-refractivity contribution is -0.148. The molecule has 34 heavy (non-hydrogen) atoms. The Morgan fingerprint density at radius 2 is 1.56 bits per heavy atom. The lowest BCUT2D eigenvalue weighted by atomic mass is 10.0. The zero-order valence-electron chi connectivity index (χ0n) is 20.8. The highest BCUT2D eigenvalue weighted by Gasteiger charge is 2.25. The predicted molar refractivity (Wildman–Crippen MR) is 132 cm³/mol. The SMILES string of the molecule is CC(C)CCOC(=O)[C@H](N)CCC(=O)N[C@H](Cc1c[nH]c2ccccc12)C(=O)OCCC(C)C. The number of carbonyl (C=O) groups is 3. The van der Waals surface area contributed by atoms with E-state index in [-0.39, 0.29) is 18.7 Å². The van der Waals surface area contributed by atoms with E-state index >= 15 is 0 Å². The van der Waals surface area contributed by atoms with Gasteiger partial charge in [0.2, 0.25) is 5.91 Å². The molecule has 1 amide bonds. The Labute approximate surface area is 201 Å². The van der Waals surface area contributed by atoms with Gasteiger partial charge in [0, 0.05) is 29.9 Å². The predicted octanol–water partition coefficient (Wildman–Crippen LogP) is 3.48. The van der Waals surface area contributed by atoms with E-state index in [1.165, 1.54) is 0 Å². The number of esters is 2. The van der Waals surface area contributed by atoms with E-state index < -0.39 is 24.0 Å². The first-order chi connectivity index (χ1) is 16.2. The average molecular weight is 474 g/mol. The van der Waals surface area contributed by atoms with Gasteiger partial charge in [0.25, 0.3) is 0 Å². The number of ether oxygens (including phenoxy) is 2. The monoisotopic (exact) mass is 473 g/mol. The molecule has 1 heterocycles. The normalized spacial score (nSPS) is 13.1. The van der Waals surface area contributed by atoms with Gasteiger partial charge in [-0.2, -0.15) is 0 Å². The van der Waals surface area contributed by atoms with Crippen molar-refractivity contribution in [1.82, 2.24) is 10.3 Å². The Hall–Kier alpha value is -2.87. The smallest absolute Gasteiger partial charge is 0.328 e. The second-order valence-electron chi connectivity index (χ2n) is 9.53. The van der Waals surface area contributed by atoms with Crippen molar-refractivity contribution in [1.29, 1.82) is 0 Å². The molecule has 4 N–H and O–H groups in total. The number of carbonyl (C=O) groups excluding carboxylic acids is 3. The lowest BCUT2D eigenvalue weighted by Crippen LogP contribution is -2.44. The molecule has 0 aliphatic carbocycles. The molecule has 0 aliphatic rings. The molecule has 1 aromatic carbocycles. The van der Waals surface area contributed by atoms with Gasteiger partial charge in [0.15, 0.2) is 0 Å². The molecule has 2 atom stereocenters. The molecular formula is C26H39N3O5. The number of H-pyrrole nitrogens is 1. The van der Waals surface area contributed by atoms with E-state index in [9.17, 15) is 14.4 Å². The summed E-state index contributed by atoms with van der Waals surface area (Å²) in [5.74, 6) is -0.537. The first-order valence-corrected chi connectivity index (χ1v) is 12.1. The van der Waals surface area contributed by atoms with Crippen LogP contribution in [0.2, 0.25) is 0 Å². The molecule has 0 aliphatic heterocycles. The van der Waals surface area contributed by atoms with Crippen molar-refractivity contribution >= 4 is 28.7 Å². The summed E-state index contributed by atoms with van der Waals surface area (Å²) >= 11 is 0. The molecule has 1 aromatic heterocycles. The summed E-state index contributed by atoms with van der Waals surface area (Å²) in [4.78, 5) is 40.6. The highest BCUT2D eigenvalue weighted by atomic mass is 16.5. The van der Waals surface area contributed by atoms with Gasteiger partial charge in [0.1, 0.15) is 12.1 Å². The number of amides is 1. The molecule has 2 rings (SSSR count). The van der Waals surface area contributed by atoms with Gasteiger partial charge >= 0.3 is 11.9 Å². The maximum absolute atomic E-state index is 12.8. The Morgan fingerprint density at radius 1 is 0.941 bits per heavy atom. The van der Waals surface area contributed by atoms with Crippen molar-refractivity contribution in [2.75, 3.05) is 13.2 Å². The Balaban J connectivity index is 1.96. The van der Waals surface area contributed by atoms with Crippen LogP contribution in [0.5, 0.6) is 0 Å². The Kier molecular flexibility index (Phi) is 11.1. The molecular weight excluding hydrogens is 434 g/mol. The van der Waals surface area contributed by atoms with Crippen LogP contribution in [0.25, 0.3) is 10.9 Å². The molecule has 8 nitrogen and oxygen atoms in total. The van der Waals surface area contributed by atoms with E-state index in [1.54, 1.807) is 0 Å². The fourth-order valence-electron chi connectivity index (χ4n) is 3.38. The van der Waals surface area contributed by atoms with E-state index in [2.05, 4.69) is 24.1 Å².